The molecule has 7 nitrogen and oxygen atoms in total. The second kappa shape index (κ2) is 8.35. The topological polar surface area (TPSA) is 74.8 Å². The molecule has 2 aromatic carbocycles. The van der Waals surface area contributed by atoms with Crippen molar-refractivity contribution < 1.29 is 4.74 Å². The fourth-order valence-corrected chi connectivity index (χ4v) is 3.86. The van der Waals surface area contributed by atoms with Gasteiger partial charge in [0.2, 0.25) is 5.56 Å². The number of fused-ring (bicyclic) bond motifs is 1. The molecular weight excluding hydrogens is 414 g/mol. The Labute approximate surface area is 190 Å². The van der Waals surface area contributed by atoms with Gasteiger partial charge in [0.25, 0.3) is 0 Å². The Bertz CT molecular complexity index is 1520. The largest absolute Gasteiger partial charge is 0.487 e. The van der Waals surface area contributed by atoms with Crippen LogP contribution in [0.4, 0.5) is 0 Å². The summed E-state index contributed by atoms with van der Waals surface area (Å²) in [4.78, 5) is 21.2. The first-order valence-corrected chi connectivity index (χ1v) is 10.6. The summed E-state index contributed by atoms with van der Waals surface area (Å²) >= 11 is 0. The number of hydrogen-bond donors (Lipinski definition) is 0. The van der Waals surface area contributed by atoms with E-state index in [1.165, 1.54) is 0 Å². The fourth-order valence-electron chi connectivity index (χ4n) is 3.86. The van der Waals surface area contributed by atoms with E-state index < -0.39 is 0 Å². The second-order valence-electron chi connectivity index (χ2n) is 7.99. The van der Waals surface area contributed by atoms with Crippen LogP contribution in [0.5, 0.6) is 5.75 Å². The average Bonchev–Trinajstić information content (AvgIpc) is 3.20. The maximum Gasteiger partial charge on any atom is 0.250 e. The van der Waals surface area contributed by atoms with Crippen molar-refractivity contribution in [3.63, 3.8) is 0 Å². The van der Waals surface area contributed by atoms with Gasteiger partial charge in [-0.05, 0) is 49.4 Å². The maximum atomic E-state index is 11.7. The Kier molecular flexibility index (Phi) is 5.22. The predicted octanol–water partition coefficient (Wildman–Crippen LogP) is 4.28. The first-order chi connectivity index (χ1) is 16.0. The molecule has 0 bridgehead atoms. The Morgan fingerprint density at radius 2 is 1.55 bits per heavy atom. The number of aromatic nitrogens is 5. The van der Waals surface area contributed by atoms with Crippen LogP contribution in [0.3, 0.4) is 0 Å². The number of benzene rings is 2. The lowest BCUT2D eigenvalue weighted by atomic mass is 10.1. The maximum absolute atomic E-state index is 11.7. The van der Waals surface area contributed by atoms with Gasteiger partial charge < -0.3 is 9.30 Å². The molecule has 0 saturated carbocycles. The number of hydrogen-bond acceptors (Lipinski definition) is 5. The fraction of sp³-hybridized carbons (Fsp3) is 0.154. The smallest absolute Gasteiger partial charge is 0.250 e. The van der Waals surface area contributed by atoms with Gasteiger partial charge in [0, 0.05) is 49.2 Å². The summed E-state index contributed by atoms with van der Waals surface area (Å²) in [6.07, 6.45) is 3.74. The van der Waals surface area contributed by atoms with Crippen LogP contribution >= 0.6 is 0 Å². The van der Waals surface area contributed by atoms with Crippen molar-refractivity contribution in [3.8, 4) is 28.1 Å². The third kappa shape index (κ3) is 4.13. The van der Waals surface area contributed by atoms with Gasteiger partial charge in [-0.15, -0.1) is 0 Å². The highest BCUT2D eigenvalue weighted by atomic mass is 16.5. The van der Waals surface area contributed by atoms with Gasteiger partial charge in [-0.2, -0.15) is 5.10 Å². The van der Waals surface area contributed by atoms with Gasteiger partial charge in [0.15, 0.2) is 0 Å². The third-order valence-electron chi connectivity index (χ3n) is 5.55. The molecule has 0 aliphatic rings. The summed E-state index contributed by atoms with van der Waals surface area (Å²) in [5.41, 5.74) is 7.11. The van der Waals surface area contributed by atoms with Gasteiger partial charge in [0.05, 0.1) is 22.4 Å². The number of rotatable bonds is 5. The van der Waals surface area contributed by atoms with Gasteiger partial charge in [-0.1, -0.05) is 12.1 Å². The summed E-state index contributed by atoms with van der Waals surface area (Å²) in [6, 6.07) is 19.1. The van der Waals surface area contributed by atoms with Gasteiger partial charge >= 0.3 is 0 Å². The number of para-hydroxylation sites is 2. The predicted molar refractivity (Wildman–Crippen MR) is 128 cm³/mol. The first-order valence-electron chi connectivity index (χ1n) is 10.6. The molecule has 0 fully saturated rings. The quantitative estimate of drug-likeness (QED) is 0.410. The molecule has 0 N–H and O–H groups in total. The summed E-state index contributed by atoms with van der Waals surface area (Å²) < 4.78 is 9.34. The molecule has 0 spiro atoms. The highest BCUT2D eigenvalue weighted by Gasteiger charge is 2.12. The summed E-state index contributed by atoms with van der Waals surface area (Å²) in [5.74, 6) is 0.738. The zero-order valence-electron chi connectivity index (χ0n) is 18.7. The Hall–Kier alpha value is -4.26. The molecule has 0 radical (unpaired) electrons. The van der Waals surface area contributed by atoms with E-state index in [0.717, 1.165) is 50.6 Å². The van der Waals surface area contributed by atoms with Crippen LogP contribution in [0.2, 0.25) is 0 Å². The van der Waals surface area contributed by atoms with E-state index >= 15 is 0 Å². The second-order valence-corrected chi connectivity index (χ2v) is 7.99. The standard InChI is InChI=1S/C26H23N5O2/c1-17-26(28-23-7-5-4-6-22(23)27-17)18-8-11-20(12-9-18)33-16-24-21(15-31(3)29-24)19-10-13-25(32)30(2)14-19/h4-15H,16H2,1-3H3. The van der Waals surface area contributed by atoms with Crippen LogP contribution < -0.4 is 10.3 Å². The Morgan fingerprint density at radius 3 is 2.27 bits per heavy atom. The van der Waals surface area contributed by atoms with E-state index in [-0.39, 0.29) is 5.56 Å². The monoisotopic (exact) mass is 437 g/mol. The Balaban J connectivity index is 1.37. The molecule has 5 aromatic rings. The molecular formula is C26H23N5O2. The normalized spacial score (nSPS) is 11.1. The number of aryl methyl sites for hydroxylation is 3. The molecule has 164 valence electrons. The van der Waals surface area contributed by atoms with E-state index in [9.17, 15) is 4.79 Å². The lowest BCUT2D eigenvalue weighted by Gasteiger charge is -2.09. The molecule has 0 atom stereocenters. The zero-order valence-corrected chi connectivity index (χ0v) is 18.7. The molecule has 3 aromatic heterocycles. The number of ether oxygens (including phenoxy) is 1. The Morgan fingerprint density at radius 1 is 0.848 bits per heavy atom. The van der Waals surface area contributed by atoms with Gasteiger partial charge in [-0.3, -0.25) is 9.48 Å². The van der Waals surface area contributed by atoms with Crippen LogP contribution in [-0.4, -0.2) is 24.3 Å². The molecule has 0 saturated heterocycles. The molecule has 0 unspecified atom stereocenters. The average molecular weight is 438 g/mol. The molecule has 33 heavy (non-hydrogen) atoms. The van der Waals surface area contributed by atoms with E-state index in [1.54, 1.807) is 22.4 Å². The van der Waals surface area contributed by atoms with E-state index in [1.807, 2.05) is 81.0 Å². The molecule has 5 rings (SSSR count). The van der Waals surface area contributed by atoms with Gasteiger partial charge in [0.1, 0.15) is 18.1 Å². The number of nitrogens with zero attached hydrogens (tertiary/aromatic N) is 5. The van der Waals surface area contributed by atoms with Gasteiger partial charge in [-0.25, -0.2) is 9.97 Å². The summed E-state index contributed by atoms with van der Waals surface area (Å²) in [6.45, 7) is 2.29. The van der Waals surface area contributed by atoms with Crippen LogP contribution in [0.15, 0.2) is 77.9 Å². The van der Waals surface area contributed by atoms with Crippen molar-refractivity contribution in [2.75, 3.05) is 0 Å². The van der Waals surface area contributed by atoms with Crippen LogP contribution in [0, 0.1) is 6.92 Å². The molecule has 7 heteroatoms. The third-order valence-corrected chi connectivity index (χ3v) is 5.55. The summed E-state index contributed by atoms with van der Waals surface area (Å²) in [5, 5.41) is 4.55. The minimum atomic E-state index is -0.0492. The SMILES string of the molecule is Cc1nc2ccccc2nc1-c1ccc(OCc2nn(C)cc2-c2ccc(=O)n(C)c2)cc1. The van der Waals surface area contributed by atoms with Crippen molar-refractivity contribution >= 4 is 11.0 Å². The molecule has 0 aliphatic carbocycles. The lowest BCUT2D eigenvalue weighted by molar-refractivity contribution is 0.300. The van der Waals surface area contributed by atoms with E-state index in [0.29, 0.717) is 6.61 Å². The minimum absolute atomic E-state index is 0.0492. The zero-order chi connectivity index (χ0) is 22.9. The van der Waals surface area contributed by atoms with Crippen LogP contribution in [0.1, 0.15) is 11.4 Å². The van der Waals surface area contributed by atoms with Crippen LogP contribution in [-0.2, 0) is 20.7 Å². The molecule has 3 heterocycles. The van der Waals surface area contributed by atoms with Crippen molar-refractivity contribution in [1.29, 1.82) is 0 Å². The molecule has 0 aliphatic heterocycles. The van der Waals surface area contributed by atoms with E-state index in [2.05, 4.69) is 10.1 Å². The summed E-state index contributed by atoms with van der Waals surface area (Å²) in [7, 11) is 3.61. The van der Waals surface area contributed by atoms with E-state index in [4.69, 9.17) is 9.72 Å². The van der Waals surface area contributed by atoms with Crippen molar-refractivity contribution in [3.05, 3.63) is 94.8 Å². The van der Waals surface area contributed by atoms with Crippen LogP contribution in [0.25, 0.3) is 33.4 Å². The highest BCUT2D eigenvalue weighted by molar-refractivity contribution is 5.78. The molecule has 0 amide bonds. The highest BCUT2D eigenvalue weighted by Crippen LogP contribution is 2.27. The number of pyridine rings is 1. The lowest BCUT2D eigenvalue weighted by Crippen LogP contribution is -2.14. The minimum Gasteiger partial charge on any atom is -0.487 e. The van der Waals surface area contributed by atoms with Crippen molar-refractivity contribution in [2.45, 2.75) is 13.5 Å². The van der Waals surface area contributed by atoms with Crippen molar-refractivity contribution in [1.82, 2.24) is 24.3 Å². The van der Waals surface area contributed by atoms with Crippen molar-refractivity contribution in [2.24, 2.45) is 14.1 Å². The first kappa shape index (κ1) is 20.6.